The van der Waals surface area contributed by atoms with Crippen molar-refractivity contribution < 1.29 is 4.79 Å². The summed E-state index contributed by atoms with van der Waals surface area (Å²) in [4.78, 5) is 14.5. The second-order valence-electron chi connectivity index (χ2n) is 3.94. The van der Waals surface area contributed by atoms with E-state index in [1.54, 1.807) is 7.05 Å². The van der Waals surface area contributed by atoms with Gasteiger partial charge in [-0.15, -0.1) is 0 Å². The molecule has 0 saturated carbocycles. The van der Waals surface area contributed by atoms with Gasteiger partial charge in [0, 0.05) is 26.0 Å². The van der Waals surface area contributed by atoms with Crippen LogP contribution in [0.3, 0.4) is 0 Å². The molecule has 0 aliphatic carbocycles. The van der Waals surface area contributed by atoms with Gasteiger partial charge in [0.1, 0.15) is 0 Å². The molecule has 15 heavy (non-hydrogen) atoms. The Morgan fingerprint density at radius 3 is 2.73 bits per heavy atom. The summed E-state index contributed by atoms with van der Waals surface area (Å²) < 4.78 is 0. The summed E-state index contributed by atoms with van der Waals surface area (Å²) in [6, 6.07) is 1.86. The lowest BCUT2D eigenvalue weighted by Crippen LogP contribution is -2.45. The molecule has 0 radical (unpaired) electrons. The Hall–Kier alpha value is -1.29. The minimum Gasteiger partial charge on any atom is -0.367 e. The number of aromatic nitrogens is 1. The molecule has 4 nitrogen and oxygen atoms in total. The van der Waals surface area contributed by atoms with E-state index < -0.39 is 0 Å². The number of amides is 1. The van der Waals surface area contributed by atoms with Crippen LogP contribution >= 0.6 is 0 Å². The predicted octanol–water partition coefficient (Wildman–Crippen LogP) is 0.875. The second-order valence-corrected chi connectivity index (χ2v) is 3.94. The summed E-state index contributed by atoms with van der Waals surface area (Å²) in [6.45, 7) is 4.77. The van der Waals surface area contributed by atoms with Gasteiger partial charge < -0.3 is 15.6 Å². The molecule has 84 valence electrons. The van der Waals surface area contributed by atoms with Gasteiger partial charge in [0.05, 0.1) is 6.04 Å². The van der Waals surface area contributed by atoms with Crippen molar-refractivity contribution in [2.75, 3.05) is 7.05 Å². The van der Waals surface area contributed by atoms with E-state index in [-0.39, 0.29) is 17.9 Å². The number of nitrogens with one attached hydrogen (secondary N) is 3. The quantitative estimate of drug-likeness (QED) is 0.674. The highest BCUT2D eigenvalue weighted by Crippen LogP contribution is 2.04. The van der Waals surface area contributed by atoms with Gasteiger partial charge in [-0.3, -0.25) is 4.79 Å². The van der Waals surface area contributed by atoms with Crippen molar-refractivity contribution in [1.29, 1.82) is 0 Å². The maximum absolute atomic E-state index is 11.5. The smallest absolute Gasteiger partial charge is 0.237 e. The van der Waals surface area contributed by atoms with Crippen molar-refractivity contribution in [2.24, 2.45) is 5.92 Å². The molecule has 4 heteroatoms. The molecule has 0 aliphatic heterocycles. The van der Waals surface area contributed by atoms with E-state index >= 15 is 0 Å². The molecule has 1 heterocycles. The van der Waals surface area contributed by atoms with Crippen molar-refractivity contribution in [3.8, 4) is 0 Å². The highest BCUT2D eigenvalue weighted by molar-refractivity contribution is 5.81. The first-order valence-electron chi connectivity index (χ1n) is 5.21. The molecule has 0 bridgehead atoms. The van der Waals surface area contributed by atoms with Crippen molar-refractivity contribution in [1.82, 2.24) is 15.6 Å². The third kappa shape index (κ3) is 3.40. The average Bonchev–Trinajstić information content (AvgIpc) is 2.70. The summed E-state index contributed by atoms with van der Waals surface area (Å²) in [5, 5.41) is 5.91. The summed E-state index contributed by atoms with van der Waals surface area (Å²) in [5.74, 6) is 0.324. The van der Waals surface area contributed by atoms with E-state index in [9.17, 15) is 4.79 Å². The number of hydrogen-bond donors (Lipinski definition) is 3. The van der Waals surface area contributed by atoms with Crippen LogP contribution in [-0.2, 0) is 11.3 Å². The molecular formula is C11H19N3O. The zero-order valence-electron chi connectivity index (χ0n) is 9.50. The zero-order chi connectivity index (χ0) is 11.3. The number of H-pyrrole nitrogens is 1. The fourth-order valence-electron chi connectivity index (χ4n) is 1.48. The number of carbonyl (C=O) groups excluding carboxylic acids is 1. The normalized spacial score (nSPS) is 12.8. The summed E-state index contributed by atoms with van der Waals surface area (Å²) in [7, 11) is 1.66. The van der Waals surface area contributed by atoms with Crippen molar-refractivity contribution in [3.05, 3.63) is 24.0 Å². The third-order valence-electron chi connectivity index (χ3n) is 2.38. The molecular weight excluding hydrogens is 190 g/mol. The summed E-state index contributed by atoms with van der Waals surface area (Å²) in [5.41, 5.74) is 1.16. The fraction of sp³-hybridized carbons (Fsp3) is 0.545. The van der Waals surface area contributed by atoms with Crippen LogP contribution in [0.2, 0.25) is 0 Å². The third-order valence-corrected chi connectivity index (χ3v) is 2.38. The van der Waals surface area contributed by atoms with Gasteiger partial charge in [0.2, 0.25) is 5.91 Å². The van der Waals surface area contributed by atoms with Gasteiger partial charge in [0.15, 0.2) is 0 Å². The van der Waals surface area contributed by atoms with Crippen LogP contribution in [0.1, 0.15) is 19.4 Å². The first-order chi connectivity index (χ1) is 7.15. The van der Waals surface area contributed by atoms with Crippen LogP contribution in [0, 0.1) is 5.92 Å². The van der Waals surface area contributed by atoms with Crippen molar-refractivity contribution in [2.45, 2.75) is 26.4 Å². The molecule has 1 aromatic rings. The van der Waals surface area contributed by atoms with Gasteiger partial charge in [-0.25, -0.2) is 0 Å². The Kier molecular flexibility index (Phi) is 4.37. The first-order valence-corrected chi connectivity index (χ1v) is 5.21. The van der Waals surface area contributed by atoms with Gasteiger partial charge in [-0.2, -0.15) is 0 Å². The molecule has 1 atom stereocenters. The van der Waals surface area contributed by atoms with E-state index in [2.05, 4.69) is 15.6 Å². The van der Waals surface area contributed by atoms with E-state index in [4.69, 9.17) is 0 Å². The molecule has 0 spiro atoms. The monoisotopic (exact) mass is 209 g/mol. The van der Waals surface area contributed by atoms with E-state index in [1.165, 1.54) is 0 Å². The number of likely N-dealkylation sites (N-methyl/N-ethyl adjacent to an activating group) is 1. The maximum Gasteiger partial charge on any atom is 0.237 e. The molecule has 1 aromatic heterocycles. The SMILES string of the molecule is CNC(=O)C(NCc1cc[nH]c1)C(C)C. The summed E-state index contributed by atoms with van der Waals surface area (Å²) >= 11 is 0. The molecule has 0 aromatic carbocycles. The standard InChI is InChI=1S/C11H19N3O/c1-8(2)10(11(15)12-3)14-7-9-4-5-13-6-9/h4-6,8,10,13-14H,7H2,1-3H3,(H,12,15). The Balaban J connectivity index is 2.49. The molecule has 1 amide bonds. The highest BCUT2D eigenvalue weighted by Gasteiger charge is 2.19. The molecule has 0 saturated heterocycles. The van der Waals surface area contributed by atoms with Crippen LogP contribution < -0.4 is 10.6 Å². The van der Waals surface area contributed by atoms with Gasteiger partial charge in [0.25, 0.3) is 0 Å². The van der Waals surface area contributed by atoms with Crippen molar-refractivity contribution >= 4 is 5.91 Å². The Morgan fingerprint density at radius 1 is 1.53 bits per heavy atom. The molecule has 0 fully saturated rings. The van der Waals surface area contributed by atoms with E-state index in [0.29, 0.717) is 6.54 Å². The fourth-order valence-corrected chi connectivity index (χ4v) is 1.48. The van der Waals surface area contributed by atoms with Crippen molar-refractivity contribution in [3.63, 3.8) is 0 Å². The lowest BCUT2D eigenvalue weighted by Gasteiger charge is -2.20. The van der Waals surface area contributed by atoms with Crippen LogP contribution in [0.25, 0.3) is 0 Å². The largest absolute Gasteiger partial charge is 0.367 e. The van der Waals surface area contributed by atoms with E-state index in [0.717, 1.165) is 5.56 Å². The molecule has 1 rings (SSSR count). The lowest BCUT2D eigenvalue weighted by atomic mass is 10.0. The topological polar surface area (TPSA) is 56.9 Å². The number of carbonyl (C=O) groups is 1. The first kappa shape index (κ1) is 11.8. The Bertz CT molecular complexity index is 293. The Morgan fingerprint density at radius 2 is 2.27 bits per heavy atom. The zero-order valence-corrected chi connectivity index (χ0v) is 9.50. The molecule has 1 unspecified atom stereocenters. The van der Waals surface area contributed by atoms with Crippen LogP contribution in [0.4, 0.5) is 0 Å². The van der Waals surface area contributed by atoms with Gasteiger partial charge >= 0.3 is 0 Å². The minimum atomic E-state index is -0.134. The Labute approximate surface area is 90.5 Å². The molecule has 0 aliphatic rings. The summed E-state index contributed by atoms with van der Waals surface area (Å²) in [6.07, 6.45) is 3.80. The molecule has 3 N–H and O–H groups in total. The number of hydrogen-bond acceptors (Lipinski definition) is 2. The van der Waals surface area contributed by atoms with Gasteiger partial charge in [-0.1, -0.05) is 13.8 Å². The lowest BCUT2D eigenvalue weighted by molar-refractivity contribution is -0.123. The highest BCUT2D eigenvalue weighted by atomic mass is 16.2. The maximum atomic E-state index is 11.5. The van der Waals surface area contributed by atoms with Crippen LogP contribution in [-0.4, -0.2) is 24.0 Å². The van der Waals surface area contributed by atoms with Gasteiger partial charge in [-0.05, 0) is 17.5 Å². The number of rotatable bonds is 5. The van der Waals surface area contributed by atoms with Crippen LogP contribution in [0.5, 0.6) is 0 Å². The second kappa shape index (κ2) is 5.56. The number of aromatic amines is 1. The minimum absolute atomic E-state index is 0.0422. The van der Waals surface area contributed by atoms with Crippen LogP contribution in [0.15, 0.2) is 18.5 Å². The predicted molar refractivity (Wildman–Crippen MR) is 60.3 cm³/mol. The van der Waals surface area contributed by atoms with E-state index in [1.807, 2.05) is 32.3 Å². The average molecular weight is 209 g/mol.